The number of benzene rings is 1. The highest BCUT2D eigenvalue weighted by Crippen LogP contribution is 2.32. The Hall–Kier alpha value is -3.31. The van der Waals surface area contributed by atoms with Crippen LogP contribution in [0.2, 0.25) is 0 Å². The first-order valence-corrected chi connectivity index (χ1v) is 13.2. The summed E-state index contributed by atoms with van der Waals surface area (Å²) < 4.78 is 44.4. The first-order chi connectivity index (χ1) is 18.6. The summed E-state index contributed by atoms with van der Waals surface area (Å²) in [5, 5.41) is 3.73. The van der Waals surface area contributed by atoms with Crippen molar-refractivity contribution in [2.45, 2.75) is 38.9 Å². The summed E-state index contributed by atoms with van der Waals surface area (Å²) in [6.07, 6.45) is -0.0404. The Morgan fingerprint density at radius 1 is 1.05 bits per heavy atom. The molecule has 2 aromatic heterocycles. The van der Waals surface area contributed by atoms with Crippen molar-refractivity contribution in [2.24, 2.45) is 5.41 Å². The third-order valence-corrected chi connectivity index (χ3v) is 7.66. The molecule has 0 spiro atoms. The lowest BCUT2D eigenvalue weighted by Crippen LogP contribution is -2.44. The van der Waals surface area contributed by atoms with Crippen molar-refractivity contribution in [1.29, 1.82) is 0 Å². The van der Waals surface area contributed by atoms with E-state index in [-0.39, 0.29) is 12.5 Å². The molecule has 2 fully saturated rings. The molecule has 1 atom stereocenters. The number of ether oxygens (including phenoxy) is 1. The summed E-state index contributed by atoms with van der Waals surface area (Å²) in [6.45, 7) is 8.81. The van der Waals surface area contributed by atoms with Crippen LogP contribution in [0, 0.1) is 5.41 Å². The van der Waals surface area contributed by atoms with Gasteiger partial charge in [-0.15, -0.1) is 0 Å². The molecule has 1 aromatic carbocycles. The van der Waals surface area contributed by atoms with Gasteiger partial charge in [0.1, 0.15) is 5.82 Å². The standard InChI is InChI=1S/C28H33F3N6O2/c1-27(2)8-10-37(11-9-27)24-7-6-20-21(4-3-5-22(20)35-24)25(38)32-18-23(36-12-14-39-15-13-36)19-16-33-26(34-17-19)28(29,30)31/h3-7,16-17,23H,8-15,18H2,1-2H3,(H,32,38). The van der Waals surface area contributed by atoms with Crippen molar-refractivity contribution < 1.29 is 22.7 Å². The Balaban J connectivity index is 1.33. The number of halogens is 3. The molecular formula is C28H33F3N6O2. The fraction of sp³-hybridized carbons (Fsp3) is 0.500. The third-order valence-electron chi connectivity index (χ3n) is 7.66. The predicted octanol–water partition coefficient (Wildman–Crippen LogP) is 4.47. The van der Waals surface area contributed by atoms with E-state index < -0.39 is 18.0 Å². The molecule has 1 amide bonds. The Labute approximate surface area is 225 Å². The van der Waals surface area contributed by atoms with Crippen LogP contribution in [0.4, 0.5) is 19.0 Å². The highest BCUT2D eigenvalue weighted by atomic mass is 19.4. The fourth-order valence-corrected chi connectivity index (χ4v) is 5.15. The predicted molar refractivity (Wildman–Crippen MR) is 141 cm³/mol. The third kappa shape index (κ3) is 6.30. The first-order valence-electron chi connectivity index (χ1n) is 13.2. The molecule has 0 aliphatic carbocycles. The van der Waals surface area contributed by atoms with Crippen LogP contribution >= 0.6 is 0 Å². The molecular weight excluding hydrogens is 509 g/mol. The van der Waals surface area contributed by atoms with E-state index in [9.17, 15) is 18.0 Å². The van der Waals surface area contributed by atoms with Crippen molar-refractivity contribution in [1.82, 2.24) is 25.2 Å². The van der Waals surface area contributed by atoms with E-state index in [1.54, 1.807) is 6.07 Å². The number of hydrogen-bond donors (Lipinski definition) is 1. The summed E-state index contributed by atoms with van der Waals surface area (Å²) in [5.74, 6) is -0.557. The van der Waals surface area contributed by atoms with Crippen molar-refractivity contribution in [3.05, 3.63) is 59.7 Å². The van der Waals surface area contributed by atoms with E-state index in [2.05, 4.69) is 38.9 Å². The van der Waals surface area contributed by atoms with Crippen LogP contribution in [0.25, 0.3) is 10.9 Å². The lowest BCUT2D eigenvalue weighted by atomic mass is 9.83. The Morgan fingerprint density at radius 3 is 2.41 bits per heavy atom. The number of hydrogen-bond acceptors (Lipinski definition) is 7. The first kappa shape index (κ1) is 27.3. The van der Waals surface area contributed by atoms with Gasteiger partial charge in [0.15, 0.2) is 0 Å². The van der Waals surface area contributed by atoms with E-state index in [1.165, 1.54) is 12.4 Å². The van der Waals surface area contributed by atoms with Gasteiger partial charge in [0.2, 0.25) is 5.82 Å². The van der Waals surface area contributed by atoms with Crippen LogP contribution < -0.4 is 10.2 Å². The normalized spacial score (nSPS) is 19.2. The van der Waals surface area contributed by atoms with Crippen molar-refractivity contribution >= 4 is 22.6 Å². The van der Waals surface area contributed by atoms with Crippen LogP contribution in [0.1, 0.15) is 54.5 Å². The maximum atomic E-state index is 13.3. The minimum atomic E-state index is -4.62. The Bertz CT molecular complexity index is 1300. The SMILES string of the molecule is CC1(C)CCN(c2ccc3c(C(=O)NCC(c4cnc(C(F)(F)F)nc4)N4CCOCC4)cccc3n2)CC1. The number of carbonyl (C=O) groups excluding carboxylic acids is 1. The second-order valence-electron chi connectivity index (χ2n) is 10.9. The number of nitrogens with one attached hydrogen (secondary N) is 1. The molecule has 39 heavy (non-hydrogen) atoms. The van der Waals surface area contributed by atoms with Crippen LogP contribution in [0.5, 0.6) is 0 Å². The number of carbonyl (C=O) groups is 1. The molecule has 5 rings (SSSR count). The number of alkyl halides is 3. The van der Waals surface area contributed by atoms with Gasteiger partial charge >= 0.3 is 6.18 Å². The number of fused-ring (bicyclic) bond motifs is 1. The molecule has 208 valence electrons. The summed E-state index contributed by atoms with van der Waals surface area (Å²) in [7, 11) is 0. The van der Waals surface area contributed by atoms with E-state index in [4.69, 9.17) is 9.72 Å². The average Bonchev–Trinajstić information content (AvgIpc) is 2.93. The largest absolute Gasteiger partial charge is 0.451 e. The maximum Gasteiger partial charge on any atom is 0.451 e. The molecule has 4 heterocycles. The van der Waals surface area contributed by atoms with Crippen molar-refractivity contribution in [3.8, 4) is 0 Å². The van der Waals surface area contributed by atoms with E-state index in [1.807, 2.05) is 24.3 Å². The minimum absolute atomic E-state index is 0.180. The average molecular weight is 543 g/mol. The van der Waals surface area contributed by atoms with E-state index >= 15 is 0 Å². The zero-order valence-electron chi connectivity index (χ0n) is 22.2. The smallest absolute Gasteiger partial charge is 0.379 e. The molecule has 8 nitrogen and oxygen atoms in total. The molecule has 11 heteroatoms. The number of amides is 1. The van der Waals surface area contributed by atoms with Gasteiger partial charge < -0.3 is 15.0 Å². The summed E-state index contributed by atoms with van der Waals surface area (Å²) in [5.41, 5.74) is 2.07. The van der Waals surface area contributed by atoms with Gasteiger partial charge in [-0.1, -0.05) is 19.9 Å². The van der Waals surface area contributed by atoms with Crippen molar-refractivity contribution in [2.75, 3.05) is 50.8 Å². The van der Waals surface area contributed by atoms with Gasteiger partial charge in [-0.05, 0) is 42.5 Å². The molecule has 1 N–H and O–H groups in total. The lowest BCUT2D eigenvalue weighted by Gasteiger charge is -2.37. The van der Waals surface area contributed by atoms with Gasteiger partial charge in [0.25, 0.3) is 5.91 Å². The number of aromatic nitrogens is 3. The number of morpholine rings is 1. The van der Waals surface area contributed by atoms with Crippen LogP contribution in [0.3, 0.4) is 0 Å². The summed E-state index contributed by atoms with van der Waals surface area (Å²) in [6, 6.07) is 8.98. The van der Waals surface area contributed by atoms with E-state index in [0.717, 1.165) is 42.7 Å². The van der Waals surface area contributed by atoms with Gasteiger partial charge in [-0.3, -0.25) is 9.69 Å². The van der Waals surface area contributed by atoms with Crippen LogP contribution in [0.15, 0.2) is 42.7 Å². The number of piperidine rings is 1. The van der Waals surface area contributed by atoms with Gasteiger partial charge in [0, 0.05) is 61.6 Å². The molecule has 2 saturated heterocycles. The fourth-order valence-electron chi connectivity index (χ4n) is 5.15. The second kappa shape index (κ2) is 11.1. The van der Waals surface area contributed by atoms with Crippen molar-refractivity contribution in [3.63, 3.8) is 0 Å². The number of anilines is 1. The number of pyridine rings is 1. The molecule has 2 aliphatic heterocycles. The molecule has 0 radical (unpaired) electrons. The quantitative estimate of drug-likeness (QED) is 0.492. The number of rotatable bonds is 6. The molecule has 0 bridgehead atoms. The van der Waals surface area contributed by atoms with Gasteiger partial charge in [0.05, 0.1) is 24.8 Å². The monoisotopic (exact) mass is 542 g/mol. The zero-order valence-corrected chi connectivity index (χ0v) is 22.2. The highest BCUT2D eigenvalue weighted by Gasteiger charge is 2.35. The van der Waals surface area contributed by atoms with Crippen LogP contribution in [-0.2, 0) is 10.9 Å². The van der Waals surface area contributed by atoms with Gasteiger partial charge in [-0.25, -0.2) is 15.0 Å². The molecule has 2 aliphatic rings. The Morgan fingerprint density at radius 2 is 1.74 bits per heavy atom. The summed E-state index contributed by atoms with van der Waals surface area (Å²) >= 11 is 0. The zero-order chi connectivity index (χ0) is 27.6. The lowest BCUT2D eigenvalue weighted by molar-refractivity contribution is -0.145. The van der Waals surface area contributed by atoms with Gasteiger partial charge in [-0.2, -0.15) is 13.2 Å². The molecule has 3 aromatic rings. The molecule has 0 saturated carbocycles. The topological polar surface area (TPSA) is 83.5 Å². The molecule has 1 unspecified atom stereocenters. The van der Waals surface area contributed by atoms with E-state index in [0.29, 0.717) is 42.8 Å². The Kier molecular flexibility index (Phi) is 7.73. The summed E-state index contributed by atoms with van der Waals surface area (Å²) in [4.78, 5) is 29.6. The van der Waals surface area contributed by atoms with Crippen LogP contribution in [-0.4, -0.2) is 71.7 Å². The number of nitrogens with zero attached hydrogens (tertiary/aromatic N) is 5. The second-order valence-corrected chi connectivity index (χ2v) is 10.9. The maximum absolute atomic E-state index is 13.3. The highest BCUT2D eigenvalue weighted by molar-refractivity contribution is 6.06. The minimum Gasteiger partial charge on any atom is -0.379 e.